The van der Waals surface area contributed by atoms with Crippen molar-refractivity contribution in [2.45, 2.75) is 64.3 Å². The first-order chi connectivity index (χ1) is 14.0. The maximum Gasteiger partial charge on any atom is 0.311 e. The molecule has 0 atom stereocenters. The van der Waals surface area contributed by atoms with E-state index in [1.165, 1.54) is 0 Å². The lowest BCUT2D eigenvalue weighted by Crippen LogP contribution is -2.44. The number of aliphatic carboxylic acids is 1. The van der Waals surface area contributed by atoms with Gasteiger partial charge in [0.25, 0.3) is 11.5 Å². The highest BCUT2D eigenvalue weighted by atomic mass is 16.4. The smallest absolute Gasteiger partial charge is 0.311 e. The second-order valence-corrected chi connectivity index (χ2v) is 8.36. The Labute approximate surface area is 169 Å². The predicted molar refractivity (Wildman–Crippen MR) is 109 cm³/mol. The van der Waals surface area contributed by atoms with E-state index < -0.39 is 11.4 Å². The van der Waals surface area contributed by atoms with E-state index in [2.05, 4.69) is 10.3 Å². The molecule has 154 valence electrons. The van der Waals surface area contributed by atoms with Crippen LogP contribution in [0.1, 0.15) is 67.5 Å². The van der Waals surface area contributed by atoms with Gasteiger partial charge in [-0.25, -0.2) is 4.98 Å². The Kier molecular flexibility index (Phi) is 5.39. The predicted octanol–water partition coefficient (Wildman–Crippen LogP) is 2.89. The third-order valence-corrected chi connectivity index (χ3v) is 6.43. The Hall–Kier alpha value is -2.70. The van der Waals surface area contributed by atoms with Crippen molar-refractivity contribution in [1.82, 2.24) is 14.9 Å². The fourth-order valence-electron chi connectivity index (χ4n) is 4.61. The number of carbonyl (C=O) groups excluding carboxylic acids is 1. The molecule has 0 saturated heterocycles. The molecule has 0 radical (unpaired) electrons. The van der Waals surface area contributed by atoms with Crippen molar-refractivity contribution >= 4 is 22.8 Å². The maximum absolute atomic E-state index is 12.8. The van der Waals surface area contributed by atoms with Crippen molar-refractivity contribution in [1.29, 1.82) is 0 Å². The van der Waals surface area contributed by atoms with Gasteiger partial charge < -0.3 is 10.4 Å². The number of rotatable bonds is 4. The van der Waals surface area contributed by atoms with Gasteiger partial charge in [-0.1, -0.05) is 25.7 Å². The average Bonchev–Trinajstić information content (AvgIpc) is 2.98. The van der Waals surface area contributed by atoms with Crippen LogP contribution >= 0.6 is 0 Å². The summed E-state index contributed by atoms with van der Waals surface area (Å²) in [5, 5.41) is 13.0. The summed E-state index contributed by atoms with van der Waals surface area (Å²) < 4.78 is 1.76. The van der Waals surface area contributed by atoms with Crippen molar-refractivity contribution in [3.05, 3.63) is 39.9 Å². The minimum absolute atomic E-state index is 0.0501. The lowest BCUT2D eigenvalue weighted by molar-refractivity contribution is -0.150. The topological polar surface area (TPSA) is 101 Å². The highest BCUT2D eigenvalue weighted by Crippen LogP contribution is 2.36. The molecule has 2 aromatic rings. The molecule has 7 nitrogen and oxygen atoms in total. The van der Waals surface area contributed by atoms with Crippen molar-refractivity contribution in [3.8, 4) is 0 Å². The number of hydrogen-bond donors (Lipinski definition) is 2. The Morgan fingerprint density at radius 3 is 2.62 bits per heavy atom. The van der Waals surface area contributed by atoms with Gasteiger partial charge in [0.1, 0.15) is 5.82 Å². The first-order valence-corrected chi connectivity index (χ1v) is 10.6. The third-order valence-electron chi connectivity index (χ3n) is 6.43. The summed E-state index contributed by atoms with van der Waals surface area (Å²) in [7, 11) is 0. The lowest BCUT2D eigenvalue weighted by atomic mass is 9.74. The summed E-state index contributed by atoms with van der Waals surface area (Å²) in [5.41, 5.74) is 0.00530. The summed E-state index contributed by atoms with van der Waals surface area (Å²) in [6.07, 6.45) is 7.80. The van der Waals surface area contributed by atoms with E-state index in [9.17, 15) is 19.5 Å². The first kappa shape index (κ1) is 19.6. The van der Waals surface area contributed by atoms with Crippen LogP contribution in [0.3, 0.4) is 0 Å². The van der Waals surface area contributed by atoms with Crippen LogP contribution in [-0.4, -0.2) is 33.1 Å². The van der Waals surface area contributed by atoms with Crippen LogP contribution in [0.5, 0.6) is 0 Å². The number of aryl methyl sites for hydroxylation is 1. The molecule has 0 bridgehead atoms. The summed E-state index contributed by atoms with van der Waals surface area (Å²) in [6.45, 7) is 0.816. The van der Waals surface area contributed by atoms with Gasteiger partial charge in [-0.2, -0.15) is 0 Å². The van der Waals surface area contributed by atoms with Crippen LogP contribution in [0.25, 0.3) is 10.9 Å². The average molecular weight is 397 g/mol. The van der Waals surface area contributed by atoms with E-state index in [-0.39, 0.29) is 18.0 Å². The van der Waals surface area contributed by atoms with Gasteiger partial charge in [0.15, 0.2) is 0 Å². The second kappa shape index (κ2) is 7.97. The molecule has 0 spiro atoms. The molecule has 2 heterocycles. The van der Waals surface area contributed by atoms with Gasteiger partial charge >= 0.3 is 5.97 Å². The molecule has 2 aliphatic rings. The highest BCUT2D eigenvalue weighted by molar-refractivity contribution is 5.98. The largest absolute Gasteiger partial charge is 0.481 e. The van der Waals surface area contributed by atoms with Gasteiger partial charge in [-0.05, 0) is 43.9 Å². The number of hydrogen-bond acceptors (Lipinski definition) is 4. The monoisotopic (exact) mass is 397 g/mol. The summed E-state index contributed by atoms with van der Waals surface area (Å²) in [4.78, 5) is 42.0. The van der Waals surface area contributed by atoms with Crippen LogP contribution in [0.2, 0.25) is 0 Å². The molecule has 1 amide bonds. The number of benzene rings is 1. The molecule has 1 saturated carbocycles. The highest BCUT2D eigenvalue weighted by Gasteiger charge is 2.39. The fourth-order valence-corrected chi connectivity index (χ4v) is 4.61. The van der Waals surface area contributed by atoms with Gasteiger partial charge in [-0.15, -0.1) is 0 Å². The molecule has 4 rings (SSSR count). The molecule has 1 aliphatic carbocycles. The number of aromatic nitrogens is 2. The van der Waals surface area contributed by atoms with Crippen molar-refractivity contribution < 1.29 is 14.7 Å². The normalized spacial score (nSPS) is 18.6. The SMILES string of the molecule is O=C(NCC1(C(=O)O)CCCCC1)c1ccc2c(=O)n3c(nc2c1)CCCCC3. The molecule has 1 aliphatic heterocycles. The Bertz CT molecular complexity index is 1010. The van der Waals surface area contributed by atoms with Crippen molar-refractivity contribution in [2.24, 2.45) is 5.41 Å². The lowest BCUT2D eigenvalue weighted by Gasteiger charge is -2.33. The van der Waals surface area contributed by atoms with Crippen LogP contribution in [-0.2, 0) is 17.8 Å². The molecular formula is C22H27N3O4. The molecule has 1 fully saturated rings. The van der Waals surface area contributed by atoms with Gasteiger partial charge in [0.05, 0.1) is 16.3 Å². The molecule has 29 heavy (non-hydrogen) atoms. The zero-order chi connectivity index (χ0) is 20.4. The first-order valence-electron chi connectivity index (χ1n) is 10.6. The summed E-state index contributed by atoms with van der Waals surface area (Å²) in [6, 6.07) is 4.93. The molecule has 1 aromatic heterocycles. The Morgan fingerprint density at radius 2 is 1.86 bits per heavy atom. The number of fused-ring (bicyclic) bond motifs is 2. The van der Waals surface area contributed by atoms with E-state index in [1.54, 1.807) is 22.8 Å². The maximum atomic E-state index is 12.8. The van der Waals surface area contributed by atoms with Gasteiger partial charge in [-0.3, -0.25) is 19.0 Å². The second-order valence-electron chi connectivity index (χ2n) is 8.36. The third kappa shape index (κ3) is 3.78. The molecule has 0 unspecified atom stereocenters. The molecule has 7 heteroatoms. The van der Waals surface area contributed by atoms with Gasteiger partial charge in [0.2, 0.25) is 0 Å². The minimum atomic E-state index is -0.876. The van der Waals surface area contributed by atoms with Crippen LogP contribution in [0.15, 0.2) is 23.0 Å². The van der Waals surface area contributed by atoms with Crippen molar-refractivity contribution in [2.75, 3.05) is 6.54 Å². The number of nitrogens with one attached hydrogen (secondary N) is 1. The van der Waals surface area contributed by atoms with E-state index in [4.69, 9.17) is 0 Å². The summed E-state index contributed by atoms with van der Waals surface area (Å²) >= 11 is 0. The van der Waals surface area contributed by atoms with Crippen LogP contribution < -0.4 is 10.9 Å². The zero-order valence-corrected chi connectivity index (χ0v) is 16.6. The van der Waals surface area contributed by atoms with Gasteiger partial charge in [0, 0.05) is 25.1 Å². The summed E-state index contributed by atoms with van der Waals surface area (Å²) in [5.74, 6) is -0.382. The number of carbonyl (C=O) groups is 2. The Morgan fingerprint density at radius 1 is 1.10 bits per heavy atom. The van der Waals surface area contributed by atoms with Crippen LogP contribution in [0, 0.1) is 5.41 Å². The van der Waals surface area contributed by atoms with Crippen LogP contribution in [0.4, 0.5) is 0 Å². The minimum Gasteiger partial charge on any atom is -0.481 e. The van der Waals surface area contributed by atoms with E-state index >= 15 is 0 Å². The quantitative estimate of drug-likeness (QED) is 0.826. The molecular weight excluding hydrogens is 370 g/mol. The number of carboxylic acid groups (broad SMARTS) is 1. The number of amides is 1. The standard InChI is InChI=1S/C22H27N3O4/c26-19(23-14-22(21(28)29)10-4-2-5-11-22)15-8-9-16-17(13-15)24-18-7-3-1-6-12-25(18)20(16)27/h8-9,13H,1-7,10-12,14H2,(H,23,26)(H,28,29). The van der Waals surface area contributed by atoms with E-state index in [0.717, 1.165) is 50.8 Å². The zero-order valence-electron chi connectivity index (χ0n) is 16.6. The van der Waals surface area contributed by atoms with E-state index in [1.807, 2.05) is 0 Å². The molecule has 2 N–H and O–H groups in total. The van der Waals surface area contributed by atoms with Crippen molar-refractivity contribution in [3.63, 3.8) is 0 Å². The Balaban J connectivity index is 1.58. The van der Waals surface area contributed by atoms with E-state index in [0.29, 0.717) is 35.9 Å². The number of nitrogens with zero attached hydrogens (tertiary/aromatic N) is 2. The fraction of sp³-hybridized carbons (Fsp3) is 0.545. The molecule has 1 aromatic carbocycles. The number of carboxylic acids is 1.